The minimum Gasteiger partial charge on any atom is -0.475 e. The second kappa shape index (κ2) is 9.55. The summed E-state index contributed by atoms with van der Waals surface area (Å²) in [5.41, 5.74) is -0.574. The van der Waals surface area contributed by atoms with Gasteiger partial charge in [-0.25, -0.2) is 17.8 Å². The summed E-state index contributed by atoms with van der Waals surface area (Å²) in [5, 5.41) is 0. The Kier molecular flexibility index (Phi) is 7.30. The molecule has 2 aromatic rings. The van der Waals surface area contributed by atoms with Crippen molar-refractivity contribution in [3.63, 3.8) is 0 Å². The highest BCUT2D eigenvalue weighted by atomic mass is 32.2. The normalized spacial score (nSPS) is 17.6. The Morgan fingerprint density at radius 2 is 1.76 bits per heavy atom. The van der Waals surface area contributed by atoms with Gasteiger partial charge in [-0.15, -0.1) is 0 Å². The van der Waals surface area contributed by atoms with Crippen molar-refractivity contribution in [3.8, 4) is 5.88 Å². The Hall–Kier alpha value is -2.63. The lowest BCUT2D eigenvalue weighted by Crippen LogP contribution is -2.56. The number of rotatable bonds is 6. The number of piperazine rings is 1. The molecule has 0 radical (unpaired) electrons. The fourth-order valence-corrected chi connectivity index (χ4v) is 4.58. The third-order valence-corrected chi connectivity index (χ3v) is 6.57. The van der Waals surface area contributed by atoms with E-state index >= 15 is 0 Å². The monoisotopic (exact) mass is 504 g/mol. The zero-order valence-electron chi connectivity index (χ0n) is 19.6. The highest BCUT2D eigenvalue weighted by Gasteiger charge is 2.37. The van der Waals surface area contributed by atoms with Gasteiger partial charge in [-0.2, -0.15) is 18.2 Å². The van der Waals surface area contributed by atoms with E-state index in [-0.39, 0.29) is 36.4 Å². The maximum atomic E-state index is 14.1. The number of halogens is 4. The van der Waals surface area contributed by atoms with Gasteiger partial charge < -0.3 is 14.5 Å². The van der Waals surface area contributed by atoms with E-state index in [0.29, 0.717) is 18.8 Å². The van der Waals surface area contributed by atoms with E-state index in [0.717, 1.165) is 18.4 Å². The van der Waals surface area contributed by atoms with Crippen LogP contribution in [0.4, 0.5) is 29.2 Å². The molecule has 0 N–H and O–H groups in total. The molecule has 7 nitrogen and oxygen atoms in total. The van der Waals surface area contributed by atoms with E-state index in [1.807, 2.05) is 18.7 Å². The molecule has 1 aromatic heterocycles. The summed E-state index contributed by atoms with van der Waals surface area (Å²) < 4.78 is 83.9. The molecule has 3 rings (SSSR count). The zero-order chi connectivity index (χ0) is 25.4. The summed E-state index contributed by atoms with van der Waals surface area (Å²) in [6, 6.07) is 4.37. The first-order chi connectivity index (χ1) is 15.7. The van der Waals surface area contributed by atoms with Gasteiger partial charge in [0.1, 0.15) is 10.7 Å². The van der Waals surface area contributed by atoms with Gasteiger partial charge in [-0.1, -0.05) is 13.8 Å². The molecular formula is C22H28F4N4O3S. The van der Waals surface area contributed by atoms with Crippen molar-refractivity contribution in [1.82, 2.24) is 9.97 Å². The molecule has 34 heavy (non-hydrogen) atoms. The Morgan fingerprint density at radius 1 is 1.09 bits per heavy atom. The summed E-state index contributed by atoms with van der Waals surface area (Å²) in [7, 11) is -3.76. The fourth-order valence-electron chi connectivity index (χ4n) is 3.82. The second-order valence-corrected chi connectivity index (χ2v) is 10.9. The number of nitrogens with zero attached hydrogens (tertiary/aromatic N) is 4. The van der Waals surface area contributed by atoms with E-state index < -0.39 is 32.4 Å². The molecule has 12 heteroatoms. The maximum absolute atomic E-state index is 14.1. The number of anilines is 2. The van der Waals surface area contributed by atoms with Crippen LogP contribution in [-0.4, -0.2) is 56.4 Å². The smallest absolute Gasteiger partial charge is 0.433 e. The molecular weight excluding hydrogens is 476 g/mol. The number of sulfone groups is 1. The topological polar surface area (TPSA) is 75.6 Å². The molecule has 0 amide bonds. The SMILES string of the molecule is CC(C)Oc1cc(C(F)(F)F)nc(N2CCN(c3ccc(F)c(S(C)(=O)=O)c3)C[C@H]2C(C)C)n1. The van der Waals surface area contributed by atoms with E-state index in [4.69, 9.17) is 4.74 Å². The summed E-state index contributed by atoms with van der Waals surface area (Å²) in [5.74, 6) is -1.08. The highest BCUT2D eigenvalue weighted by molar-refractivity contribution is 7.90. The van der Waals surface area contributed by atoms with Crippen molar-refractivity contribution in [3.05, 3.63) is 35.8 Å². The Morgan fingerprint density at radius 3 is 2.32 bits per heavy atom. The van der Waals surface area contributed by atoms with Crippen molar-refractivity contribution in [2.75, 3.05) is 35.7 Å². The summed E-state index contributed by atoms with van der Waals surface area (Å²) in [4.78, 5) is 11.2. The first-order valence-electron chi connectivity index (χ1n) is 10.8. The Labute approximate surface area is 196 Å². The lowest BCUT2D eigenvalue weighted by atomic mass is 9.99. The van der Waals surface area contributed by atoms with Crippen molar-refractivity contribution in [2.24, 2.45) is 5.92 Å². The van der Waals surface area contributed by atoms with Gasteiger partial charge in [-0.3, -0.25) is 0 Å². The number of hydrogen-bond acceptors (Lipinski definition) is 7. The molecule has 1 aliphatic heterocycles. The number of hydrogen-bond donors (Lipinski definition) is 0. The number of alkyl halides is 3. The van der Waals surface area contributed by atoms with Gasteiger partial charge >= 0.3 is 6.18 Å². The van der Waals surface area contributed by atoms with Crippen LogP contribution in [0.5, 0.6) is 5.88 Å². The van der Waals surface area contributed by atoms with Gasteiger partial charge in [0, 0.05) is 37.6 Å². The quantitative estimate of drug-likeness (QED) is 0.547. The maximum Gasteiger partial charge on any atom is 0.433 e. The van der Waals surface area contributed by atoms with Gasteiger partial charge in [0.25, 0.3) is 0 Å². The predicted octanol–water partition coefficient (Wildman–Crippen LogP) is 4.18. The highest BCUT2D eigenvalue weighted by Crippen LogP contribution is 2.33. The van der Waals surface area contributed by atoms with Gasteiger partial charge in [0.05, 0.1) is 12.1 Å². The first-order valence-corrected chi connectivity index (χ1v) is 12.7. The van der Waals surface area contributed by atoms with Crippen molar-refractivity contribution < 1.29 is 30.7 Å². The lowest BCUT2D eigenvalue weighted by Gasteiger charge is -2.44. The zero-order valence-corrected chi connectivity index (χ0v) is 20.4. The van der Waals surface area contributed by atoms with E-state index in [2.05, 4.69) is 9.97 Å². The molecule has 1 aromatic carbocycles. The van der Waals surface area contributed by atoms with Crippen molar-refractivity contribution in [2.45, 2.75) is 50.9 Å². The average Bonchev–Trinajstić information content (AvgIpc) is 2.71. The third kappa shape index (κ3) is 5.89. The first kappa shape index (κ1) is 26.0. The molecule has 0 aliphatic carbocycles. The molecule has 0 spiro atoms. The molecule has 1 aliphatic rings. The fraction of sp³-hybridized carbons (Fsp3) is 0.545. The van der Waals surface area contributed by atoms with Crippen LogP contribution in [0.2, 0.25) is 0 Å². The van der Waals surface area contributed by atoms with Gasteiger partial charge in [0.15, 0.2) is 15.5 Å². The number of aromatic nitrogens is 2. The molecule has 0 bridgehead atoms. The molecule has 0 saturated carbocycles. The molecule has 1 saturated heterocycles. The largest absolute Gasteiger partial charge is 0.475 e. The lowest BCUT2D eigenvalue weighted by molar-refractivity contribution is -0.141. The van der Waals surface area contributed by atoms with Crippen LogP contribution in [-0.2, 0) is 16.0 Å². The molecule has 2 heterocycles. The summed E-state index contributed by atoms with van der Waals surface area (Å²) >= 11 is 0. The Bertz CT molecular complexity index is 1140. The van der Waals surface area contributed by atoms with Crippen LogP contribution in [0, 0.1) is 11.7 Å². The standard InChI is InChI=1S/C22H28F4N4O3S/c1-13(2)17-12-29(15-6-7-16(23)18(10-15)34(5,31)32)8-9-30(17)21-27-19(22(24,25)26)11-20(28-21)33-14(3)4/h6-7,10-11,13-14,17H,8-9,12H2,1-5H3/t17-/m0/s1. The summed E-state index contributed by atoms with van der Waals surface area (Å²) in [6.07, 6.45) is -4.10. The number of ether oxygens (including phenoxy) is 1. The molecule has 1 fully saturated rings. The molecule has 0 unspecified atom stereocenters. The average molecular weight is 505 g/mol. The van der Waals surface area contributed by atoms with Crippen LogP contribution in [0.15, 0.2) is 29.2 Å². The van der Waals surface area contributed by atoms with Gasteiger partial charge in [-0.05, 0) is 38.0 Å². The van der Waals surface area contributed by atoms with Crippen LogP contribution in [0.1, 0.15) is 33.4 Å². The minimum atomic E-state index is -4.67. The van der Waals surface area contributed by atoms with Crippen LogP contribution in [0.3, 0.4) is 0 Å². The van der Waals surface area contributed by atoms with E-state index in [9.17, 15) is 26.0 Å². The van der Waals surface area contributed by atoms with Crippen molar-refractivity contribution >= 4 is 21.5 Å². The number of benzene rings is 1. The summed E-state index contributed by atoms with van der Waals surface area (Å²) in [6.45, 7) is 8.21. The van der Waals surface area contributed by atoms with Crippen LogP contribution >= 0.6 is 0 Å². The van der Waals surface area contributed by atoms with Crippen LogP contribution < -0.4 is 14.5 Å². The van der Waals surface area contributed by atoms with Crippen molar-refractivity contribution in [1.29, 1.82) is 0 Å². The molecule has 188 valence electrons. The van der Waals surface area contributed by atoms with Gasteiger partial charge in [0.2, 0.25) is 11.8 Å². The van der Waals surface area contributed by atoms with E-state index in [1.54, 1.807) is 18.7 Å². The Balaban J connectivity index is 1.96. The van der Waals surface area contributed by atoms with E-state index in [1.165, 1.54) is 12.1 Å². The molecule has 1 atom stereocenters. The predicted molar refractivity (Wildman–Crippen MR) is 120 cm³/mol. The second-order valence-electron chi connectivity index (χ2n) is 8.89. The van der Waals surface area contributed by atoms with Crippen LogP contribution in [0.25, 0.3) is 0 Å². The minimum absolute atomic E-state index is 0.00904. The third-order valence-electron chi connectivity index (χ3n) is 5.46.